The van der Waals surface area contributed by atoms with Crippen LogP contribution in [0.4, 0.5) is 5.69 Å². The highest BCUT2D eigenvalue weighted by molar-refractivity contribution is 7.80. The Morgan fingerprint density at radius 1 is 0.812 bits per heavy atom. The van der Waals surface area contributed by atoms with Gasteiger partial charge >= 0.3 is 0 Å². The second kappa shape index (κ2) is 14.2. The summed E-state index contributed by atoms with van der Waals surface area (Å²) in [4.78, 5) is 24.5. The van der Waals surface area contributed by atoms with E-state index in [1.165, 1.54) is 12.8 Å². The van der Waals surface area contributed by atoms with Gasteiger partial charge in [0.25, 0.3) is 11.8 Å². The van der Waals surface area contributed by atoms with Crippen molar-refractivity contribution in [3.63, 3.8) is 0 Å². The van der Waals surface area contributed by atoms with E-state index in [9.17, 15) is 9.59 Å². The summed E-state index contributed by atoms with van der Waals surface area (Å²) >= 11 is 5.24. The zero-order valence-corrected chi connectivity index (χ0v) is 19.7. The summed E-state index contributed by atoms with van der Waals surface area (Å²) in [6.45, 7) is 5.60. The maximum absolute atomic E-state index is 12.4. The fourth-order valence-corrected chi connectivity index (χ4v) is 3.16. The van der Waals surface area contributed by atoms with Crippen molar-refractivity contribution in [3.8, 4) is 5.75 Å². The van der Waals surface area contributed by atoms with Gasteiger partial charge in [0.1, 0.15) is 5.75 Å². The Morgan fingerprint density at radius 2 is 1.44 bits per heavy atom. The molecule has 0 bridgehead atoms. The molecule has 0 atom stereocenters. The monoisotopic (exact) mass is 455 g/mol. The molecular formula is C25H33N3O3S. The van der Waals surface area contributed by atoms with Crippen molar-refractivity contribution in [1.29, 1.82) is 0 Å². The van der Waals surface area contributed by atoms with E-state index >= 15 is 0 Å². The minimum atomic E-state index is -0.302. The summed E-state index contributed by atoms with van der Waals surface area (Å²) in [6, 6.07) is 13.9. The minimum Gasteiger partial charge on any atom is -0.494 e. The van der Waals surface area contributed by atoms with E-state index in [0.29, 0.717) is 30.0 Å². The number of hydrogen-bond donors (Lipinski definition) is 3. The minimum absolute atomic E-state index is 0.103. The number of nitrogens with one attached hydrogen (secondary N) is 3. The first-order valence-electron chi connectivity index (χ1n) is 11.3. The number of carbonyl (C=O) groups is 2. The molecule has 6 nitrogen and oxygen atoms in total. The number of anilines is 1. The van der Waals surface area contributed by atoms with Gasteiger partial charge in [-0.3, -0.25) is 14.9 Å². The molecular weight excluding hydrogens is 422 g/mol. The molecule has 0 radical (unpaired) electrons. The molecule has 172 valence electrons. The van der Waals surface area contributed by atoms with Crippen molar-refractivity contribution in [1.82, 2.24) is 10.6 Å². The lowest BCUT2D eigenvalue weighted by Crippen LogP contribution is -2.34. The molecule has 2 amide bonds. The zero-order chi connectivity index (χ0) is 23.2. The van der Waals surface area contributed by atoms with Gasteiger partial charge in [-0.05, 0) is 73.6 Å². The smallest absolute Gasteiger partial charge is 0.257 e. The Morgan fingerprint density at radius 3 is 2.09 bits per heavy atom. The first-order valence-corrected chi connectivity index (χ1v) is 11.7. The largest absolute Gasteiger partial charge is 0.494 e. The van der Waals surface area contributed by atoms with Gasteiger partial charge in [0, 0.05) is 23.4 Å². The van der Waals surface area contributed by atoms with Crippen molar-refractivity contribution in [2.24, 2.45) is 0 Å². The third-order valence-electron chi connectivity index (χ3n) is 4.83. The molecule has 0 aliphatic carbocycles. The number of benzene rings is 2. The van der Waals surface area contributed by atoms with Crippen LogP contribution in [0.15, 0.2) is 48.5 Å². The topological polar surface area (TPSA) is 79.5 Å². The summed E-state index contributed by atoms with van der Waals surface area (Å²) in [5, 5.41) is 8.69. The molecule has 2 aromatic rings. The van der Waals surface area contributed by atoms with Crippen LogP contribution in [-0.2, 0) is 0 Å². The normalized spacial score (nSPS) is 10.3. The van der Waals surface area contributed by atoms with Crippen molar-refractivity contribution in [2.75, 3.05) is 18.5 Å². The van der Waals surface area contributed by atoms with Gasteiger partial charge in [-0.2, -0.15) is 0 Å². The standard InChI is InChI=1S/C25H33N3O3S/c1-3-5-7-8-18-31-22-15-11-20(12-16-22)24(30)28-25(32)27-21-13-9-19(10-14-21)23(29)26-17-6-4-2/h9-16H,3-8,17-18H2,1-2H3,(H,26,29)(H2,27,28,30,32). The molecule has 0 aromatic heterocycles. The lowest BCUT2D eigenvalue weighted by atomic mass is 10.2. The van der Waals surface area contributed by atoms with Gasteiger partial charge in [0.2, 0.25) is 0 Å². The fourth-order valence-electron chi connectivity index (χ4n) is 2.94. The molecule has 0 aliphatic heterocycles. The van der Waals surface area contributed by atoms with E-state index in [0.717, 1.165) is 31.4 Å². The molecule has 7 heteroatoms. The quantitative estimate of drug-likeness (QED) is 0.299. The molecule has 0 heterocycles. The second-order valence-corrected chi connectivity index (χ2v) is 7.94. The van der Waals surface area contributed by atoms with Crippen LogP contribution in [0.3, 0.4) is 0 Å². The molecule has 2 aromatic carbocycles. The number of ether oxygens (including phenoxy) is 1. The molecule has 32 heavy (non-hydrogen) atoms. The van der Waals surface area contributed by atoms with Crippen LogP contribution in [0.1, 0.15) is 73.1 Å². The molecule has 0 saturated heterocycles. The second-order valence-electron chi connectivity index (χ2n) is 7.53. The van der Waals surface area contributed by atoms with Crippen LogP contribution in [0.2, 0.25) is 0 Å². The van der Waals surface area contributed by atoms with E-state index in [-0.39, 0.29) is 16.9 Å². The van der Waals surface area contributed by atoms with E-state index in [2.05, 4.69) is 29.8 Å². The summed E-state index contributed by atoms with van der Waals surface area (Å²) in [5.41, 5.74) is 1.76. The van der Waals surface area contributed by atoms with Gasteiger partial charge in [-0.1, -0.05) is 39.5 Å². The van der Waals surface area contributed by atoms with Crippen LogP contribution in [0.5, 0.6) is 5.75 Å². The summed E-state index contributed by atoms with van der Waals surface area (Å²) in [5.74, 6) is 0.343. The van der Waals surface area contributed by atoms with E-state index in [1.54, 1.807) is 48.5 Å². The maximum Gasteiger partial charge on any atom is 0.257 e. The van der Waals surface area contributed by atoms with Crippen molar-refractivity contribution < 1.29 is 14.3 Å². The molecule has 0 aliphatic rings. The molecule has 0 fully saturated rings. The van der Waals surface area contributed by atoms with Gasteiger partial charge in [-0.15, -0.1) is 0 Å². The average Bonchev–Trinajstić information content (AvgIpc) is 2.80. The fraction of sp³-hybridized carbons (Fsp3) is 0.400. The third kappa shape index (κ3) is 9.06. The molecule has 0 unspecified atom stereocenters. The number of thiocarbonyl (C=S) groups is 1. The Hall–Kier alpha value is -2.93. The lowest BCUT2D eigenvalue weighted by molar-refractivity contribution is 0.0950. The highest BCUT2D eigenvalue weighted by Crippen LogP contribution is 2.14. The maximum atomic E-state index is 12.4. The number of hydrogen-bond acceptors (Lipinski definition) is 4. The van der Waals surface area contributed by atoms with Gasteiger partial charge in [-0.25, -0.2) is 0 Å². The van der Waals surface area contributed by atoms with Crippen LogP contribution in [0, 0.1) is 0 Å². The number of rotatable bonds is 12. The first kappa shape index (κ1) is 25.3. The number of unbranched alkanes of at least 4 members (excludes halogenated alkanes) is 4. The van der Waals surface area contributed by atoms with Crippen molar-refractivity contribution in [3.05, 3.63) is 59.7 Å². The Kier molecular flexibility index (Phi) is 11.2. The Labute approximate surface area is 196 Å². The van der Waals surface area contributed by atoms with Crippen molar-refractivity contribution >= 4 is 34.8 Å². The van der Waals surface area contributed by atoms with Crippen LogP contribution in [0.25, 0.3) is 0 Å². The van der Waals surface area contributed by atoms with E-state index in [4.69, 9.17) is 17.0 Å². The van der Waals surface area contributed by atoms with Crippen LogP contribution < -0.4 is 20.7 Å². The van der Waals surface area contributed by atoms with Crippen LogP contribution >= 0.6 is 12.2 Å². The highest BCUT2D eigenvalue weighted by Gasteiger charge is 2.09. The van der Waals surface area contributed by atoms with Crippen LogP contribution in [-0.4, -0.2) is 30.1 Å². The SMILES string of the molecule is CCCCCCOc1ccc(C(=O)NC(=S)Nc2ccc(C(=O)NCCCC)cc2)cc1. The predicted octanol–water partition coefficient (Wildman–Crippen LogP) is 5.30. The van der Waals surface area contributed by atoms with Crippen molar-refractivity contribution in [2.45, 2.75) is 52.4 Å². The first-order chi connectivity index (χ1) is 15.5. The molecule has 2 rings (SSSR count). The predicted molar refractivity (Wildman–Crippen MR) is 133 cm³/mol. The highest BCUT2D eigenvalue weighted by atomic mass is 32.1. The summed E-state index contributed by atoms with van der Waals surface area (Å²) in [6.07, 6.45) is 6.59. The third-order valence-corrected chi connectivity index (χ3v) is 5.04. The lowest BCUT2D eigenvalue weighted by Gasteiger charge is -2.11. The zero-order valence-electron chi connectivity index (χ0n) is 18.9. The molecule has 3 N–H and O–H groups in total. The van der Waals surface area contributed by atoms with Gasteiger partial charge in [0.05, 0.1) is 6.61 Å². The van der Waals surface area contributed by atoms with E-state index < -0.39 is 0 Å². The number of carbonyl (C=O) groups excluding carboxylic acids is 2. The Bertz CT molecular complexity index is 867. The van der Waals surface area contributed by atoms with E-state index in [1.807, 2.05) is 0 Å². The molecule has 0 spiro atoms. The average molecular weight is 456 g/mol. The summed E-state index contributed by atoms with van der Waals surface area (Å²) in [7, 11) is 0. The number of amides is 2. The Balaban J connectivity index is 1.78. The molecule has 0 saturated carbocycles. The van der Waals surface area contributed by atoms with Gasteiger partial charge < -0.3 is 15.4 Å². The summed E-state index contributed by atoms with van der Waals surface area (Å²) < 4.78 is 5.70. The van der Waals surface area contributed by atoms with Gasteiger partial charge in [0.15, 0.2) is 5.11 Å².